The number of aromatic hydroxyl groups is 1. The summed E-state index contributed by atoms with van der Waals surface area (Å²) >= 11 is 0. The molecule has 0 spiro atoms. The summed E-state index contributed by atoms with van der Waals surface area (Å²) in [6.07, 6.45) is 1.71. The van der Waals surface area contributed by atoms with Gasteiger partial charge in [-0.15, -0.1) is 0 Å². The van der Waals surface area contributed by atoms with Crippen LogP contribution in [0, 0.1) is 6.92 Å². The standard InChI is InChI=1S/C16H12N4O2/c1-8-6-9-7-17-14-12(9)15(18-16(8)22)20-19-13(14)10-4-2-3-5-11(10)21/h2-7,19,21H,1H3,(H,18,20,22). The van der Waals surface area contributed by atoms with Crippen molar-refractivity contribution in [2.75, 3.05) is 0 Å². The topological polar surface area (TPSA) is 94.7 Å². The number of H-pyrrole nitrogens is 2. The van der Waals surface area contributed by atoms with Crippen LogP contribution in [0.3, 0.4) is 0 Å². The summed E-state index contributed by atoms with van der Waals surface area (Å²) in [6, 6.07) is 8.77. The lowest BCUT2D eigenvalue weighted by Gasteiger charge is -2.05. The van der Waals surface area contributed by atoms with Crippen molar-refractivity contribution < 1.29 is 5.11 Å². The highest BCUT2D eigenvalue weighted by atomic mass is 16.3. The molecule has 0 unspecified atom stereocenters. The molecular weight excluding hydrogens is 280 g/mol. The molecule has 108 valence electrons. The van der Waals surface area contributed by atoms with Gasteiger partial charge in [0.25, 0.3) is 5.56 Å². The van der Waals surface area contributed by atoms with Crippen LogP contribution in [0.4, 0.5) is 0 Å². The SMILES string of the molecule is Cc1cc2cnc3c(-c4ccccc4O)[nH]nc([nH]c1=O)c23. The Labute approximate surface area is 124 Å². The number of benzene rings is 1. The Morgan fingerprint density at radius 2 is 2.05 bits per heavy atom. The molecule has 3 N–H and O–H groups in total. The summed E-state index contributed by atoms with van der Waals surface area (Å²) in [7, 11) is 0. The molecule has 0 bridgehead atoms. The van der Waals surface area contributed by atoms with E-state index in [1.165, 1.54) is 0 Å². The van der Waals surface area contributed by atoms with E-state index in [0.717, 1.165) is 10.8 Å². The average molecular weight is 292 g/mol. The Balaban J connectivity index is 2.18. The summed E-state index contributed by atoms with van der Waals surface area (Å²) in [5.74, 6) is 0.143. The van der Waals surface area contributed by atoms with Crippen LogP contribution in [0.15, 0.2) is 41.3 Å². The number of hydrogen-bond acceptors (Lipinski definition) is 4. The monoisotopic (exact) mass is 292 g/mol. The highest BCUT2D eigenvalue weighted by molar-refractivity contribution is 6.10. The Bertz CT molecular complexity index is 1080. The zero-order valence-electron chi connectivity index (χ0n) is 11.7. The van der Waals surface area contributed by atoms with Gasteiger partial charge >= 0.3 is 0 Å². The summed E-state index contributed by atoms with van der Waals surface area (Å²) in [5, 5.41) is 18.8. The molecule has 0 amide bonds. The van der Waals surface area contributed by atoms with Crippen LogP contribution in [-0.2, 0) is 0 Å². The predicted molar refractivity (Wildman–Crippen MR) is 83.9 cm³/mol. The van der Waals surface area contributed by atoms with Crippen LogP contribution < -0.4 is 5.56 Å². The number of nitrogens with one attached hydrogen (secondary N) is 2. The minimum atomic E-state index is -0.186. The molecule has 3 heterocycles. The van der Waals surface area contributed by atoms with Crippen LogP contribution in [0.25, 0.3) is 33.2 Å². The molecule has 0 aliphatic rings. The van der Waals surface area contributed by atoms with E-state index < -0.39 is 0 Å². The van der Waals surface area contributed by atoms with Crippen molar-refractivity contribution in [1.82, 2.24) is 20.2 Å². The Morgan fingerprint density at radius 3 is 2.86 bits per heavy atom. The predicted octanol–water partition coefficient (Wildman–Crippen LogP) is 2.48. The molecule has 0 radical (unpaired) electrons. The molecule has 6 nitrogen and oxygen atoms in total. The van der Waals surface area contributed by atoms with Crippen LogP contribution in [-0.4, -0.2) is 25.3 Å². The minimum absolute atomic E-state index is 0.143. The van der Waals surface area contributed by atoms with Gasteiger partial charge in [0, 0.05) is 22.7 Å². The number of aromatic nitrogens is 4. The largest absolute Gasteiger partial charge is 0.507 e. The average Bonchev–Trinajstić information content (AvgIpc) is 2.87. The van der Waals surface area contributed by atoms with Crippen LogP contribution in [0.2, 0.25) is 0 Å². The van der Waals surface area contributed by atoms with Crippen molar-refractivity contribution in [2.45, 2.75) is 6.92 Å². The van der Waals surface area contributed by atoms with E-state index in [1.54, 1.807) is 37.4 Å². The van der Waals surface area contributed by atoms with Gasteiger partial charge in [-0.2, -0.15) is 5.10 Å². The molecule has 0 saturated heterocycles. The summed E-state index contributed by atoms with van der Waals surface area (Å²) in [4.78, 5) is 19.1. The molecule has 0 fully saturated rings. The third kappa shape index (κ3) is 1.70. The second-order valence-electron chi connectivity index (χ2n) is 5.18. The third-order valence-electron chi connectivity index (χ3n) is 3.75. The number of hydrogen-bond donors (Lipinski definition) is 3. The number of para-hydroxylation sites is 1. The summed E-state index contributed by atoms with van der Waals surface area (Å²) in [6.45, 7) is 1.74. The van der Waals surface area contributed by atoms with E-state index in [4.69, 9.17) is 0 Å². The van der Waals surface area contributed by atoms with Gasteiger partial charge in [-0.1, -0.05) is 12.1 Å². The van der Waals surface area contributed by atoms with E-state index in [9.17, 15) is 9.90 Å². The van der Waals surface area contributed by atoms with Gasteiger partial charge < -0.3 is 10.1 Å². The Hall–Kier alpha value is -3.15. The normalized spacial score (nSPS) is 11.3. The van der Waals surface area contributed by atoms with Crippen molar-refractivity contribution >= 4 is 21.9 Å². The zero-order valence-corrected chi connectivity index (χ0v) is 11.7. The van der Waals surface area contributed by atoms with Gasteiger partial charge in [0.15, 0.2) is 5.65 Å². The highest BCUT2D eigenvalue weighted by Crippen LogP contribution is 2.33. The number of aryl methyl sites for hydroxylation is 1. The molecule has 0 atom stereocenters. The number of aromatic amines is 2. The highest BCUT2D eigenvalue weighted by Gasteiger charge is 2.15. The number of phenolic OH excluding ortho intramolecular Hbond substituents is 1. The third-order valence-corrected chi connectivity index (χ3v) is 3.75. The number of rotatable bonds is 1. The van der Waals surface area contributed by atoms with Gasteiger partial charge in [0.1, 0.15) is 11.3 Å². The van der Waals surface area contributed by atoms with Crippen molar-refractivity contribution in [2.24, 2.45) is 0 Å². The van der Waals surface area contributed by atoms with Crippen LogP contribution >= 0.6 is 0 Å². The van der Waals surface area contributed by atoms with E-state index in [0.29, 0.717) is 28.0 Å². The van der Waals surface area contributed by atoms with Crippen molar-refractivity contribution in [3.05, 3.63) is 52.4 Å². The number of nitrogens with zero attached hydrogens (tertiary/aromatic N) is 2. The molecule has 0 aliphatic carbocycles. The molecule has 4 rings (SSSR count). The number of phenols is 1. The van der Waals surface area contributed by atoms with E-state index >= 15 is 0 Å². The maximum atomic E-state index is 11.9. The fourth-order valence-corrected chi connectivity index (χ4v) is 2.64. The molecule has 0 saturated carbocycles. The Kier molecular flexibility index (Phi) is 2.53. The van der Waals surface area contributed by atoms with Gasteiger partial charge in [-0.25, -0.2) is 0 Å². The van der Waals surface area contributed by atoms with E-state index in [-0.39, 0.29) is 11.3 Å². The quantitative estimate of drug-likeness (QED) is 0.502. The Morgan fingerprint density at radius 1 is 1.23 bits per heavy atom. The first-order chi connectivity index (χ1) is 10.6. The first-order valence-corrected chi connectivity index (χ1v) is 6.80. The second-order valence-corrected chi connectivity index (χ2v) is 5.18. The zero-order chi connectivity index (χ0) is 15.3. The molecular formula is C16H12N4O2. The van der Waals surface area contributed by atoms with E-state index in [1.807, 2.05) is 6.07 Å². The minimum Gasteiger partial charge on any atom is -0.507 e. The summed E-state index contributed by atoms with van der Waals surface area (Å²) < 4.78 is 0. The first-order valence-electron chi connectivity index (χ1n) is 6.80. The van der Waals surface area contributed by atoms with Crippen molar-refractivity contribution in [3.8, 4) is 17.0 Å². The smallest absolute Gasteiger partial charge is 0.252 e. The molecule has 6 heteroatoms. The maximum absolute atomic E-state index is 11.9. The maximum Gasteiger partial charge on any atom is 0.252 e. The lowest BCUT2D eigenvalue weighted by atomic mass is 10.1. The van der Waals surface area contributed by atoms with Crippen molar-refractivity contribution in [1.29, 1.82) is 0 Å². The van der Waals surface area contributed by atoms with Crippen LogP contribution in [0.1, 0.15) is 5.56 Å². The summed E-state index contributed by atoms with van der Waals surface area (Å²) in [5.41, 5.74) is 2.74. The first kappa shape index (κ1) is 12.6. The van der Waals surface area contributed by atoms with Gasteiger partial charge in [-0.05, 0) is 25.1 Å². The van der Waals surface area contributed by atoms with Gasteiger partial charge in [-0.3, -0.25) is 14.9 Å². The molecule has 0 aliphatic heterocycles. The van der Waals surface area contributed by atoms with Gasteiger partial charge in [0.05, 0.1) is 11.1 Å². The molecule has 3 aromatic heterocycles. The van der Waals surface area contributed by atoms with Gasteiger partial charge in [0.2, 0.25) is 0 Å². The van der Waals surface area contributed by atoms with Crippen molar-refractivity contribution in [3.63, 3.8) is 0 Å². The van der Waals surface area contributed by atoms with Crippen LogP contribution in [0.5, 0.6) is 5.75 Å². The lowest BCUT2D eigenvalue weighted by molar-refractivity contribution is 0.477. The molecule has 4 aromatic rings. The fourth-order valence-electron chi connectivity index (χ4n) is 2.64. The molecule has 22 heavy (non-hydrogen) atoms. The molecule has 1 aromatic carbocycles. The van der Waals surface area contributed by atoms with E-state index in [2.05, 4.69) is 20.2 Å². The lowest BCUT2D eigenvalue weighted by Crippen LogP contribution is -2.05. The fraction of sp³-hybridized carbons (Fsp3) is 0.0625. The second kappa shape index (κ2) is 4.42.